The van der Waals surface area contributed by atoms with Gasteiger partial charge in [0.2, 0.25) is 0 Å². The van der Waals surface area contributed by atoms with Crippen molar-refractivity contribution in [3.05, 3.63) is 64.7 Å². The van der Waals surface area contributed by atoms with Crippen LogP contribution in [0.4, 0.5) is 0 Å². The first kappa shape index (κ1) is 17.2. The second kappa shape index (κ2) is 8.48. The third-order valence-corrected chi connectivity index (χ3v) is 5.07. The number of H-pyrrole nitrogens is 1. The average Bonchev–Trinajstić information content (AvgIpc) is 3.34. The average molecular weight is 353 g/mol. The predicted molar refractivity (Wildman–Crippen MR) is 105 cm³/mol. The Labute approximate surface area is 152 Å². The van der Waals surface area contributed by atoms with E-state index in [0.717, 1.165) is 29.6 Å². The van der Waals surface area contributed by atoms with Crippen molar-refractivity contribution in [2.45, 2.75) is 19.4 Å². The Morgan fingerprint density at radius 1 is 1.20 bits per heavy atom. The summed E-state index contributed by atoms with van der Waals surface area (Å²) in [5.74, 6) is 2.11. The first-order chi connectivity index (χ1) is 12.3. The maximum absolute atomic E-state index is 4.44. The lowest BCUT2D eigenvalue weighted by atomic mass is 10.1. The van der Waals surface area contributed by atoms with Crippen LogP contribution in [-0.4, -0.2) is 29.5 Å². The number of hydrogen-bond acceptors (Lipinski definition) is 3. The molecule has 3 rings (SSSR count). The van der Waals surface area contributed by atoms with Crippen molar-refractivity contribution in [3.63, 3.8) is 0 Å². The van der Waals surface area contributed by atoms with Gasteiger partial charge in [0, 0.05) is 24.4 Å². The molecule has 1 aromatic carbocycles. The van der Waals surface area contributed by atoms with Crippen LogP contribution in [0.15, 0.2) is 59.0 Å². The van der Waals surface area contributed by atoms with Crippen molar-refractivity contribution in [3.8, 4) is 11.3 Å². The lowest BCUT2D eigenvalue weighted by Gasteiger charge is -2.14. The zero-order valence-corrected chi connectivity index (χ0v) is 15.3. The number of hydrogen-bond donors (Lipinski definition) is 3. The van der Waals surface area contributed by atoms with Crippen molar-refractivity contribution in [1.29, 1.82) is 0 Å². The highest BCUT2D eigenvalue weighted by molar-refractivity contribution is 7.10. The molecule has 1 unspecified atom stereocenters. The van der Waals surface area contributed by atoms with Crippen LogP contribution in [0, 0.1) is 0 Å². The number of imidazole rings is 1. The Morgan fingerprint density at radius 3 is 2.76 bits per heavy atom. The molecule has 0 fully saturated rings. The summed E-state index contributed by atoms with van der Waals surface area (Å²) in [6.07, 6.45) is 1.86. The van der Waals surface area contributed by atoms with Crippen LogP contribution in [0.3, 0.4) is 0 Å². The molecule has 6 heteroatoms. The number of thiophene rings is 1. The van der Waals surface area contributed by atoms with E-state index in [0.29, 0.717) is 12.5 Å². The molecule has 0 spiro atoms. The number of benzene rings is 1. The van der Waals surface area contributed by atoms with Gasteiger partial charge >= 0.3 is 0 Å². The van der Waals surface area contributed by atoms with E-state index in [1.165, 1.54) is 4.88 Å². The van der Waals surface area contributed by atoms with Crippen LogP contribution >= 0.6 is 11.3 Å². The van der Waals surface area contributed by atoms with Gasteiger partial charge in [-0.1, -0.05) is 43.3 Å². The second-order valence-corrected chi connectivity index (χ2v) is 6.81. The molecule has 0 aliphatic rings. The van der Waals surface area contributed by atoms with Crippen molar-refractivity contribution in [1.82, 2.24) is 20.6 Å². The summed E-state index contributed by atoms with van der Waals surface area (Å²) in [5, 5.41) is 8.78. The molecule has 0 bridgehead atoms. The van der Waals surface area contributed by atoms with Gasteiger partial charge in [0.1, 0.15) is 5.82 Å². The predicted octanol–water partition coefficient (Wildman–Crippen LogP) is 3.61. The Morgan fingerprint density at radius 2 is 2.04 bits per heavy atom. The van der Waals surface area contributed by atoms with Crippen LogP contribution in [0.5, 0.6) is 0 Å². The number of aromatic nitrogens is 2. The van der Waals surface area contributed by atoms with E-state index in [9.17, 15) is 0 Å². The summed E-state index contributed by atoms with van der Waals surface area (Å²) in [6, 6.07) is 14.4. The maximum Gasteiger partial charge on any atom is 0.191 e. The van der Waals surface area contributed by atoms with Crippen molar-refractivity contribution < 1.29 is 0 Å². The van der Waals surface area contributed by atoms with Gasteiger partial charge in [-0.15, -0.1) is 11.3 Å². The molecule has 0 amide bonds. The van der Waals surface area contributed by atoms with Gasteiger partial charge in [0.25, 0.3) is 0 Å². The normalized spacial score (nSPS) is 12.8. The number of rotatable bonds is 6. The molecule has 0 saturated heterocycles. The fraction of sp³-hybridized carbons (Fsp3) is 0.263. The van der Waals surface area contributed by atoms with E-state index in [4.69, 9.17) is 0 Å². The van der Waals surface area contributed by atoms with Gasteiger partial charge in [-0.2, -0.15) is 0 Å². The van der Waals surface area contributed by atoms with Crippen LogP contribution in [0.25, 0.3) is 11.3 Å². The highest BCUT2D eigenvalue weighted by atomic mass is 32.1. The number of aliphatic imine (C=N–C) groups is 1. The fourth-order valence-corrected chi connectivity index (χ4v) is 3.31. The van der Waals surface area contributed by atoms with Crippen molar-refractivity contribution >= 4 is 17.3 Å². The number of nitrogens with zero attached hydrogens (tertiary/aromatic N) is 2. The molecule has 3 N–H and O–H groups in total. The van der Waals surface area contributed by atoms with Crippen LogP contribution in [-0.2, 0) is 6.54 Å². The summed E-state index contributed by atoms with van der Waals surface area (Å²) in [6.45, 7) is 3.65. The van der Waals surface area contributed by atoms with E-state index in [1.807, 2.05) is 24.4 Å². The largest absolute Gasteiger partial charge is 0.356 e. The van der Waals surface area contributed by atoms with E-state index < -0.39 is 0 Å². The standard InChI is InChI=1S/C19H23N5S/c1-14(17-9-6-10-25-17)11-22-19(20-2)23-13-18-21-12-16(24-18)15-7-4-3-5-8-15/h3-10,12,14H,11,13H2,1-2H3,(H,21,24)(H2,20,22,23). The smallest absolute Gasteiger partial charge is 0.191 e. The van der Waals surface area contributed by atoms with Gasteiger partial charge in [0.15, 0.2) is 5.96 Å². The zero-order valence-electron chi connectivity index (χ0n) is 14.5. The van der Waals surface area contributed by atoms with E-state index in [1.54, 1.807) is 18.4 Å². The van der Waals surface area contributed by atoms with Crippen LogP contribution < -0.4 is 10.6 Å². The Balaban J connectivity index is 1.51. The van der Waals surface area contributed by atoms with Crippen molar-refractivity contribution in [2.75, 3.05) is 13.6 Å². The monoisotopic (exact) mass is 353 g/mol. The van der Waals surface area contributed by atoms with Crippen LogP contribution in [0.1, 0.15) is 23.5 Å². The lowest BCUT2D eigenvalue weighted by Crippen LogP contribution is -2.38. The van der Waals surface area contributed by atoms with Gasteiger partial charge in [0.05, 0.1) is 18.4 Å². The van der Waals surface area contributed by atoms with Gasteiger partial charge in [-0.25, -0.2) is 4.98 Å². The molecule has 0 saturated carbocycles. The first-order valence-corrected chi connectivity index (χ1v) is 9.21. The summed E-state index contributed by atoms with van der Waals surface area (Å²) >= 11 is 1.79. The Hall–Kier alpha value is -2.60. The molecular formula is C19H23N5S. The Bertz CT molecular complexity index is 792. The minimum Gasteiger partial charge on any atom is -0.356 e. The van der Waals surface area contributed by atoms with Gasteiger partial charge in [-0.05, 0) is 17.0 Å². The molecule has 130 valence electrons. The molecule has 25 heavy (non-hydrogen) atoms. The van der Waals surface area contributed by atoms with Crippen molar-refractivity contribution in [2.24, 2.45) is 4.99 Å². The SMILES string of the molecule is CN=C(NCc1ncc(-c2ccccc2)[nH]1)NCC(C)c1cccs1. The molecular weight excluding hydrogens is 330 g/mol. The van der Waals surface area contributed by atoms with E-state index in [-0.39, 0.29) is 0 Å². The third kappa shape index (κ3) is 4.70. The number of nitrogens with one attached hydrogen (secondary N) is 3. The minimum absolute atomic E-state index is 0.451. The minimum atomic E-state index is 0.451. The molecule has 1 atom stereocenters. The highest BCUT2D eigenvalue weighted by Crippen LogP contribution is 2.19. The first-order valence-electron chi connectivity index (χ1n) is 8.33. The summed E-state index contributed by atoms with van der Waals surface area (Å²) in [4.78, 5) is 13.4. The highest BCUT2D eigenvalue weighted by Gasteiger charge is 2.08. The maximum atomic E-state index is 4.44. The lowest BCUT2D eigenvalue weighted by molar-refractivity contribution is 0.703. The van der Waals surface area contributed by atoms with Gasteiger partial charge < -0.3 is 15.6 Å². The summed E-state index contributed by atoms with van der Waals surface area (Å²) in [7, 11) is 1.78. The number of guanidine groups is 1. The van der Waals surface area contributed by atoms with E-state index >= 15 is 0 Å². The molecule has 0 aliphatic heterocycles. The summed E-state index contributed by atoms with van der Waals surface area (Å²) in [5.41, 5.74) is 2.15. The van der Waals surface area contributed by atoms with Crippen LogP contribution in [0.2, 0.25) is 0 Å². The van der Waals surface area contributed by atoms with E-state index in [2.05, 4.69) is 62.2 Å². The fourth-order valence-electron chi connectivity index (χ4n) is 2.53. The quantitative estimate of drug-likeness (QED) is 0.468. The topological polar surface area (TPSA) is 65.1 Å². The Kier molecular flexibility index (Phi) is 5.85. The molecule has 3 aromatic rings. The second-order valence-electron chi connectivity index (χ2n) is 5.83. The molecule has 0 aliphatic carbocycles. The molecule has 2 heterocycles. The molecule has 0 radical (unpaired) electrons. The summed E-state index contributed by atoms with van der Waals surface area (Å²) < 4.78 is 0. The third-order valence-electron chi connectivity index (χ3n) is 3.96. The van der Waals surface area contributed by atoms with Gasteiger partial charge in [-0.3, -0.25) is 4.99 Å². The molecule has 5 nitrogen and oxygen atoms in total. The molecule has 2 aromatic heterocycles. The number of aromatic amines is 1. The zero-order chi connectivity index (χ0) is 17.5.